The molecule has 5 heteroatoms. The number of hydrogen-bond donors (Lipinski definition) is 5. The molecule has 0 radical (unpaired) electrons. The van der Waals surface area contributed by atoms with Crippen molar-refractivity contribution in [1.29, 1.82) is 0 Å². The van der Waals surface area contributed by atoms with E-state index in [1.807, 2.05) is 19.9 Å². The summed E-state index contributed by atoms with van der Waals surface area (Å²) in [5.41, 5.74) is -0.776. The third-order valence-corrected chi connectivity index (χ3v) is 12.4. The molecular formula is C30H52O5. The maximum Gasteiger partial charge on any atom is 0.0678 e. The second kappa shape index (κ2) is 8.80. The van der Waals surface area contributed by atoms with Crippen molar-refractivity contribution in [3.8, 4) is 0 Å². The number of aliphatic hydroxyl groups excluding tert-OH is 4. The van der Waals surface area contributed by atoms with Crippen LogP contribution in [0.3, 0.4) is 0 Å². The molecular weight excluding hydrogens is 440 g/mol. The number of rotatable bonds is 5. The van der Waals surface area contributed by atoms with Crippen LogP contribution in [-0.2, 0) is 0 Å². The molecule has 35 heavy (non-hydrogen) atoms. The Kier molecular flexibility index (Phi) is 6.93. The first-order valence-corrected chi connectivity index (χ1v) is 14.1. The van der Waals surface area contributed by atoms with Crippen molar-refractivity contribution in [1.82, 2.24) is 0 Å². The van der Waals surface area contributed by atoms with Gasteiger partial charge in [0.15, 0.2) is 0 Å². The minimum absolute atomic E-state index is 0.0323. The summed E-state index contributed by atoms with van der Waals surface area (Å²) in [5, 5.41) is 55.0. The van der Waals surface area contributed by atoms with Crippen molar-refractivity contribution in [2.45, 2.75) is 124 Å². The number of aliphatic hydroxyl groups is 5. The van der Waals surface area contributed by atoms with Crippen LogP contribution < -0.4 is 0 Å². The van der Waals surface area contributed by atoms with E-state index < -0.39 is 17.8 Å². The van der Waals surface area contributed by atoms with Crippen LogP contribution in [0.5, 0.6) is 0 Å². The maximum absolute atomic E-state index is 11.7. The molecule has 4 saturated carbocycles. The third-order valence-electron chi connectivity index (χ3n) is 12.4. The summed E-state index contributed by atoms with van der Waals surface area (Å²) in [6.45, 7) is 15.2. The highest BCUT2D eigenvalue weighted by molar-refractivity contribution is 5.21. The first-order valence-electron chi connectivity index (χ1n) is 14.1. The predicted octanol–water partition coefficient (Wildman–Crippen LogP) is 4.44. The molecule has 0 unspecified atom stereocenters. The molecule has 0 aromatic carbocycles. The Balaban J connectivity index is 1.67. The van der Waals surface area contributed by atoms with E-state index in [1.54, 1.807) is 0 Å². The van der Waals surface area contributed by atoms with Gasteiger partial charge in [-0.25, -0.2) is 0 Å². The average molecular weight is 493 g/mol. The molecule has 0 aromatic rings. The standard InChI is InChI=1S/C30H52O5/c1-18(17-31)9-8-13-30(7,35)24-19-10-11-22-27(4)14-12-23(34)26(2,3)25(27)21(33)16-29(22,6)28(19,5)15-20(24)32/h9,19-25,31-35H,8,10-17H2,1-7H3/b18-9-/t19-,20-,21+,22-,23+,24-,25+,27-,28-,29-,30+/m1/s1. The Morgan fingerprint density at radius 3 is 2.20 bits per heavy atom. The first kappa shape index (κ1) is 27.6. The molecule has 0 heterocycles. The molecule has 0 aliphatic heterocycles. The van der Waals surface area contributed by atoms with Gasteiger partial charge in [-0.1, -0.05) is 46.3 Å². The van der Waals surface area contributed by atoms with Crippen LogP contribution >= 0.6 is 0 Å². The Morgan fingerprint density at radius 2 is 1.57 bits per heavy atom. The van der Waals surface area contributed by atoms with Crippen LogP contribution in [0.2, 0.25) is 0 Å². The van der Waals surface area contributed by atoms with Gasteiger partial charge in [0.25, 0.3) is 0 Å². The zero-order valence-corrected chi connectivity index (χ0v) is 23.2. The summed E-state index contributed by atoms with van der Waals surface area (Å²) in [4.78, 5) is 0. The van der Waals surface area contributed by atoms with E-state index in [0.717, 1.165) is 31.3 Å². The van der Waals surface area contributed by atoms with Crippen LogP contribution in [0.15, 0.2) is 11.6 Å². The zero-order valence-electron chi connectivity index (χ0n) is 23.2. The third kappa shape index (κ3) is 3.90. The van der Waals surface area contributed by atoms with Crippen LogP contribution in [0.25, 0.3) is 0 Å². The van der Waals surface area contributed by atoms with Gasteiger partial charge in [-0.3, -0.25) is 0 Å². The van der Waals surface area contributed by atoms with Gasteiger partial charge in [-0.15, -0.1) is 0 Å². The van der Waals surface area contributed by atoms with E-state index in [9.17, 15) is 25.5 Å². The number of allylic oxidation sites excluding steroid dienone is 1. The molecule has 5 N–H and O–H groups in total. The van der Waals surface area contributed by atoms with E-state index in [4.69, 9.17) is 0 Å². The van der Waals surface area contributed by atoms with Gasteiger partial charge in [-0.2, -0.15) is 0 Å². The lowest BCUT2D eigenvalue weighted by atomic mass is 9.35. The fourth-order valence-electron chi connectivity index (χ4n) is 10.6. The lowest BCUT2D eigenvalue weighted by molar-refractivity contribution is -0.258. The molecule has 0 aromatic heterocycles. The lowest BCUT2D eigenvalue weighted by Crippen LogP contribution is -2.68. The van der Waals surface area contributed by atoms with Crippen LogP contribution in [-0.4, -0.2) is 56.1 Å². The van der Waals surface area contributed by atoms with Gasteiger partial charge in [-0.05, 0) is 105 Å². The molecule has 4 rings (SSSR count). The lowest BCUT2D eigenvalue weighted by Gasteiger charge is -2.70. The molecule has 0 bridgehead atoms. The minimum Gasteiger partial charge on any atom is -0.393 e. The SMILES string of the molecule is C/C(=C/CC[C@](C)(O)[C@H]1[C@H](O)C[C@]2(C)[C@@H]1CC[C@@H]1[C@@]3(C)CC[C@H](O)C(C)(C)[C@@H]3[C@@H](O)C[C@]12C)CO. The predicted molar refractivity (Wildman–Crippen MR) is 138 cm³/mol. The van der Waals surface area contributed by atoms with Crippen LogP contribution in [0.4, 0.5) is 0 Å². The maximum atomic E-state index is 11.7. The van der Waals surface area contributed by atoms with Gasteiger partial charge in [0.2, 0.25) is 0 Å². The van der Waals surface area contributed by atoms with Crippen molar-refractivity contribution >= 4 is 0 Å². The Bertz CT molecular complexity index is 835. The molecule has 0 amide bonds. The van der Waals surface area contributed by atoms with Gasteiger partial charge < -0.3 is 25.5 Å². The fourth-order valence-corrected chi connectivity index (χ4v) is 10.6. The average Bonchev–Trinajstić information content (AvgIpc) is 3.02. The van der Waals surface area contributed by atoms with E-state index >= 15 is 0 Å². The summed E-state index contributed by atoms with van der Waals surface area (Å²) in [6.07, 6.45) is 6.91. The second-order valence-corrected chi connectivity index (χ2v) is 14.6. The first-order chi connectivity index (χ1) is 16.1. The van der Waals surface area contributed by atoms with Gasteiger partial charge >= 0.3 is 0 Å². The Morgan fingerprint density at radius 1 is 0.943 bits per heavy atom. The summed E-state index contributed by atoms with van der Waals surface area (Å²) in [5.74, 6) is 0.484. The zero-order chi connectivity index (χ0) is 26.2. The summed E-state index contributed by atoms with van der Waals surface area (Å²) >= 11 is 0. The summed E-state index contributed by atoms with van der Waals surface area (Å²) < 4.78 is 0. The normalized spacial score (nSPS) is 51.2. The molecule has 4 aliphatic rings. The van der Waals surface area contributed by atoms with Crippen LogP contribution in [0, 0.1) is 45.3 Å². The van der Waals surface area contributed by atoms with Crippen molar-refractivity contribution < 1.29 is 25.5 Å². The quantitative estimate of drug-likeness (QED) is 0.365. The van der Waals surface area contributed by atoms with Crippen molar-refractivity contribution in [3.05, 3.63) is 11.6 Å². The number of hydrogen-bond acceptors (Lipinski definition) is 5. The van der Waals surface area contributed by atoms with Gasteiger partial charge in [0, 0.05) is 5.92 Å². The largest absolute Gasteiger partial charge is 0.393 e. The molecule has 202 valence electrons. The molecule has 4 fully saturated rings. The summed E-state index contributed by atoms with van der Waals surface area (Å²) in [7, 11) is 0. The molecule has 5 nitrogen and oxygen atoms in total. The van der Waals surface area contributed by atoms with E-state index in [1.165, 1.54) is 0 Å². The highest BCUT2D eigenvalue weighted by Gasteiger charge is 2.72. The highest BCUT2D eigenvalue weighted by atomic mass is 16.3. The van der Waals surface area contributed by atoms with Crippen LogP contribution in [0.1, 0.15) is 99.8 Å². The van der Waals surface area contributed by atoms with Gasteiger partial charge in [0.1, 0.15) is 0 Å². The monoisotopic (exact) mass is 492 g/mol. The Labute approximate surface area is 213 Å². The van der Waals surface area contributed by atoms with Crippen molar-refractivity contribution in [2.75, 3.05) is 6.61 Å². The van der Waals surface area contributed by atoms with E-state index in [-0.39, 0.29) is 52.1 Å². The second-order valence-electron chi connectivity index (χ2n) is 14.6. The van der Waals surface area contributed by atoms with Crippen molar-refractivity contribution in [3.63, 3.8) is 0 Å². The molecule has 11 atom stereocenters. The fraction of sp³-hybridized carbons (Fsp3) is 0.933. The molecule has 0 spiro atoms. The van der Waals surface area contributed by atoms with E-state index in [2.05, 4.69) is 34.6 Å². The topological polar surface area (TPSA) is 101 Å². The van der Waals surface area contributed by atoms with Gasteiger partial charge in [0.05, 0.1) is 30.5 Å². The minimum atomic E-state index is -0.992. The molecule has 0 saturated heterocycles. The van der Waals surface area contributed by atoms with Crippen molar-refractivity contribution in [2.24, 2.45) is 45.3 Å². The highest BCUT2D eigenvalue weighted by Crippen LogP contribution is 2.75. The number of fused-ring (bicyclic) bond motifs is 5. The van der Waals surface area contributed by atoms with E-state index in [0.29, 0.717) is 31.6 Å². The Hall–Kier alpha value is -0.460. The smallest absolute Gasteiger partial charge is 0.0678 e. The summed E-state index contributed by atoms with van der Waals surface area (Å²) in [6, 6.07) is 0. The molecule has 4 aliphatic carbocycles.